The third-order valence-electron chi connectivity index (χ3n) is 3.93. The van der Waals surface area contributed by atoms with Crippen LogP contribution < -0.4 is 5.32 Å². The summed E-state index contributed by atoms with van der Waals surface area (Å²) in [6.45, 7) is 7.37. The molecule has 6 heteroatoms. The van der Waals surface area contributed by atoms with Gasteiger partial charge in [0.15, 0.2) is 5.96 Å². The van der Waals surface area contributed by atoms with Gasteiger partial charge >= 0.3 is 0 Å². The smallest absolute Gasteiger partial charge is 0.193 e. The van der Waals surface area contributed by atoms with Gasteiger partial charge in [-0.2, -0.15) is 0 Å². The second-order valence-corrected chi connectivity index (χ2v) is 6.21. The number of nitrogens with zero attached hydrogens (tertiary/aromatic N) is 2. The highest BCUT2D eigenvalue weighted by molar-refractivity contribution is 14.0. The van der Waals surface area contributed by atoms with E-state index in [1.807, 2.05) is 25.2 Å². The van der Waals surface area contributed by atoms with Gasteiger partial charge in [0.1, 0.15) is 0 Å². The summed E-state index contributed by atoms with van der Waals surface area (Å²) in [4.78, 5) is 6.74. The van der Waals surface area contributed by atoms with Crippen molar-refractivity contribution in [1.29, 1.82) is 0 Å². The van der Waals surface area contributed by atoms with Crippen LogP contribution in [-0.2, 0) is 16.1 Å². The fraction of sp³-hybridized carbons (Fsp3) is 0.632. The predicted octanol–water partition coefficient (Wildman–Crippen LogP) is 3.15. The molecule has 1 saturated carbocycles. The molecule has 0 atom stereocenters. The highest BCUT2D eigenvalue weighted by Crippen LogP contribution is 2.28. The number of hydrogen-bond donors (Lipinski definition) is 1. The molecule has 1 aliphatic rings. The van der Waals surface area contributed by atoms with E-state index < -0.39 is 0 Å². The third kappa shape index (κ3) is 10.0. The van der Waals surface area contributed by atoms with Crippen molar-refractivity contribution in [2.75, 3.05) is 46.5 Å². The van der Waals surface area contributed by atoms with Crippen LogP contribution in [0.2, 0.25) is 0 Å². The van der Waals surface area contributed by atoms with Gasteiger partial charge in [-0.15, -0.1) is 24.0 Å². The van der Waals surface area contributed by atoms with Gasteiger partial charge in [-0.3, -0.25) is 4.99 Å². The Morgan fingerprint density at radius 2 is 1.96 bits per heavy atom. The summed E-state index contributed by atoms with van der Waals surface area (Å²) in [6.07, 6.45) is 2.67. The Morgan fingerprint density at radius 3 is 2.64 bits per heavy atom. The van der Waals surface area contributed by atoms with Crippen LogP contribution in [0.15, 0.2) is 35.3 Å². The quantitative estimate of drug-likeness (QED) is 0.238. The average Bonchev–Trinajstić information content (AvgIpc) is 3.42. The van der Waals surface area contributed by atoms with Crippen LogP contribution in [0.5, 0.6) is 0 Å². The van der Waals surface area contributed by atoms with Crippen LogP contribution in [0.3, 0.4) is 0 Å². The first-order valence-electron chi connectivity index (χ1n) is 8.98. The molecular formula is C19H32IN3O2. The van der Waals surface area contributed by atoms with Crippen molar-refractivity contribution >= 4 is 29.9 Å². The monoisotopic (exact) mass is 461 g/mol. The molecule has 1 aromatic rings. The molecule has 0 saturated heterocycles. The maximum absolute atomic E-state index is 5.70. The molecule has 0 amide bonds. The van der Waals surface area contributed by atoms with Crippen molar-refractivity contribution in [1.82, 2.24) is 10.2 Å². The predicted molar refractivity (Wildman–Crippen MR) is 114 cm³/mol. The molecule has 1 fully saturated rings. The van der Waals surface area contributed by atoms with Gasteiger partial charge in [0, 0.05) is 26.7 Å². The number of benzene rings is 1. The van der Waals surface area contributed by atoms with E-state index in [2.05, 4.69) is 34.3 Å². The minimum Gasteiger partial charge on any atom is -0.379 e. The summed E-state index contributed by atoms with van der Waals surface area (Å²) < 4.78 is 11.4. The molecule has 1 N–H and O–H groups in total. The van der Waals surface area contributed by atoms with Crippen molar-refractivity contribution in [2.24, 2.45) is 10.9 Å². The number of rotatable bonds is 11. The molecule has 1 aromatic carbocycles. The Hall–Kier alpha value is -0.860. The Kier molecular flexibility index (Phi) is 11.9. The van der Waals surface area contributed by atoms with Gasteiger partial charge < -0.3 is 19.7 Å². The van der Waals surface area contributed by atoms with Crippen LogP contribution >= 0.6 is 24.0 Å². The van der Waals surface area contributed by atoms with Gasteiger partial charge in [0.25, 0.3) is 0 Å². The van der Waals surface area contributed by atoms with E-state index in [1.54, 1.807) is 0 Å². The van der Waals surface area contributed by atoms with Gasteiger partial charge in [0.2, 0.25) is 0 Å². The lowest BCUT2D eigenvalue weighted by Crippen LogP contribution is -2.40. The van der Waals surface area contributed by atoms with Gasteiger partial charge in [-0.05, 0) is 31.2 Å². The van der Waals surface area contributed by atoms with Crippen LogP contribution in [-0.4, -0.2) is 57.4 Å². The first-order valence-corrected chi connectivity index (χ1v) is 8.98. The maximum atomic E-state index is 5.70. The van der Waals surface area contributed by atoms with Crippen molar-refractivity contribution in [3.63, 3.8) is 0 Å². The Labute approximate surface area is 169 Å². The van der Waals surface area contributed by atoms with E-state index in [0.717, 1.165) is 38.2 Å². The number of aliphatic imine (C=N–C) groups is 1. The van der Waals surface area contributed by atoms with E-state index in [0.29, 0.717) is 19.8 Å². The molecule has 0 bridgehead atoms. The first-order chi connectivity index (χ1) is 11.8. The van der Waals surface area contributed by atoms with Gasteiger partial charge in [-0.1, -0.05) is 30.3 Å². The summed E-state index contributed by atoms with van der Waals surface area (Å²) in [5.41, 5.74) is 1.19. The third-order valence-corrected chi connectivity index (χ3v) is 3.93. The zero-order valence-corrected chi connectivity index (χ0v) is 17.8. The molecule has 0 spiro atoms. The van der Waals surface area contributed by atoms with E-state index in [4.69, 9.17) is 9.47 Å². The average molecular weight is 461 g/mol. The van der Waals surface area contributed by atoms with Crippen molar-refractivity contribution in [3.8, 4) is 0 Å². The summed E-state index contributed by atoms with van der Waals surface area (Å²) in [5, 5.41) is 3.32. The lowest BCUT2D eigenvalue weighted by molar-refractivity contribution is 0.114. The van der Waals surface area contributed by atoms with Crippen LogP contribution in [0.25, 0.3) is 0 Å². The van der Waals surface area contributed by atoms with Crippen molar-refractivity contribution < 1.29 is 9.47 Å². The number of halogens is 1. The molecule has 142 valence electrons. The van der Waals surface area contributed by atoms with Crippen molar-refractivity contribution in [2.45, 2.75) is 26.4 Å². The minimum absolute atomic E-state index is 0. The minimum atomic E-state index is 0. The summed E-state index contributed by atoms with van der Waals surface area (Å²) in [5.74, 6) is 1.73. The number of guanidine groups is 1. The first kappa shape index (κ1) is 22.2. The lowest BCUT2D eigenvalue weighted by Gasteiger charge is -2.22. The van der Waals surface area contributed by atoms with E-state index in [9.17, 15) is 0 Å². The van der Waals surface area contributed by atoms with Crippen molar-refractivity contribution in [3.05, 3.63) is 35.9 Å². The Morgan fingerprint density at radius 1 is 1.20 bits per heavy atom. The molecule has 5 nitrogen and oxygen atoms in total. The molecular weight excluding hydrogens is 429 g/mol. The molecule has 0 aliphatic heterocycles. The molecule has 0 radical (unpaired) electrons. The zero-order valence-electron chi connectivity index (χ0n) is 15.4. The number of ether oxygens (including phenoxy) is 2. The highest BCUT2D eigenvalue weighted by atomic mass is 127. The molecule has 1 aliphatic carbocycles. The summed E-state index contributed by atoms with van der Waals surface area (Å²) >= 11 is 0. The summed E-state index contributed by atoms with van der Waals surface area (Å²) in [6, 6.07) is 10.2. The topological polar surface area (TPSA) is 46.1 Å². The number of nitrogens with one attached hydrogen (secondary N) is 1. The van der Waals surface area contributed by atoms with Gasteiger partial charge in [0.05, 0.1) is 26.4 Å². The molecule has 0 unspecified atom stereocenters. The molecule has 25 heavy (non-hydrogen) atoms. The highest BCUT2D eigenvalue weighted by Gasteiger charge is 2.21. The number of likely N-dealkylation sites (N-methyl/N-ethyl adjacent to an activating group) is 1. The zero-order chi connectivity index (χ0) is 17.0. The second kappa shape index (κ2) is 13.4. The van der Waals surface area contributed by atoms with Gasteiger partial charge in [-0.25, -0.2) is 0 Å². The van der Waals surface area contributed by atoms with Crippen LogP contribution in [0.1, 0.15) is 25.3 Å². The van der Waals surface area contributed by atoms with E-state index in [1.165, 1.54) is 18.4 Å². The van der Waals surface area contributed by atoms with Crippen LogP contribution in [0.4, 0.5) is 0 Å². The lowest BCUT2D eigenvalue weighted by atomic mass is 10.2. The summed E-state index contributed by atoms with van der Waals surface area (Å²) in [7, 11) is 2.05. The second-order valence-electron chi connectivity index (χ2n) is 6.21. The SMILES string of the molecule is CCNC(=NCCOCc1ccccc1)N(C)CCOCC1CC1.I. The maximum Gasteiger partial charge on any atom is 0.193 e. The molecule has 2 rings (SSSR count). The standard InChI is InChI=1S/C19H31N3O2.HI/c1-3-20-19(22(2)12-14-24-16-18-9-10-18)21-11-13-23-15-17-7-5-4-6-8-17;/h4-8,18H,3,9-16H2,1-2H3,(H,20,21);1H. The van der Waals surface area contributed by atoms with E-state index in [-0.39, 0.29) is 24.0 Å². The van der Waals surface area contributed by atoms with Crippen LogP contribution in [0, 0.1) is 5.92 Å². The molecule has 0 aromatic heterocycles. The number of hydrogen-bond acceptors (Lipinski definition) is 3. The fourth-order valence-electron chi connectivity index (χ4n) is 2.29. The Bertz CT molecular complexity index is 481. The largest absolute Gasteiger partial charge is 0.379 e. The molecule has 0 heterocycles. The van der Waals surface area contributed by atoms with E-state index >= 15 is 0 Å². The Balaban J connectivity index is 0.00000312. The fourth-order valence-corrected chi connectivity index (χ4v) is 2.29. The normalized spacial score (nSPS) is 14.1.